The molecule has 2 nitrogen and oxygen atoms in total. The smallest absolute Gasteiger partial charge is 0.0459 e. The molecule has 4 aromatic rings. The first-order valence-electron chi connectivity index (χ1n) is 6.93. The number of hydrogen-bond donors (Lipinski definition) is 2. The van der Waals surface area contributed by atoms with Gasteiger partial charge in [0.05, 0.1) is 0 Å². The van der Waals surface area contributed by atoms with Crippen molar-refractivity contribution >= 4 is 21.8 Å². The van der Waals surface area contributed by atoms with Crippen molar-refractivity contribution < 1.29 is 0 Å². The second-order valence-corrected chi connectivity index (χ2v) is 5.42. The lowest BCUT2D eigenvalue weighted by molar-refractivity contribution is 1.13. The Morgan fingerprint density at radius 3 is 2.75 bits per heavy atom. The second-order valence-electron chi connectivity index (χ2n) is 5.42. The summed E-state index contributed by atoms with van der Waals surface area (Å²) in [7, 11) is 0. The molecule has 0 bridgehead atoms. The molecule has 0 radical (unpaired) electrons. The summed E-state index contributed by atoms with van der Waals surface area (Å²) in [5.74, 6) is 0. The average Bonchev–Trinajstić information content (AvgIpc) is 3.02. The van der Waals surface area contributed by atoms with Crippen LogP contribution in [-0.4, -0.2) is 9.97 Å². The van der Waals surface area contributed by atoms with Gasteiger partial charge in [0, 0.05) is 34.7 Å². The molecule has 0 spiro atoms. The van der Waals surface area contributed by atoms with Gasteiger partial charge in [-0.05, 0) is 41.6 Å². The molecule has 2 N–H and O–H groups in total. The maximum Gasteiger partial charge on any atom is 0.0459 e. The van der Waals surface area contributed by atoms with Gasteiger partial charge >= 0.3 is 0 Å². The zero-order chi connectivity index (χ0) is 13.5. The zero-order valence-corrected chi connectivity index (χ0v) is 11.4. The van der Waals surface area contributed by atoms with E-state index in [9.17, 15) is 0 Å². The van der Waals surface area contributed by atoms with Gasteiger partial charge in [0.15, 0.2) is 0 Å². The standard InChI is InChI=1S/C18H16N2/c1-12-6-7-16-14(11-19-18(16)8-12)10-15-9-13-4-2-3-5-17(13)20-15/h2-9,11,19-20H,10H2,1H3. The SMILES string of the molecule is Cc1ccc2c(Cc3cc4ccccc4[nH]3)c[nH]c2c1. The van der Waals surface area contributed by atoms with Crippen LogP contribution in [0.25, 0.3) is 21.8 Å². The first-order chi connectivity index (χ1) is 9.79. The molecule has 2 heterocycles. The monoisotopic (exact) mass is 260 g/mol. The van der Waals surface area contributed by atoms with Gasteiger partial charge in [-0.2, -0.15) is 0 Å². The normalized spacial score (nSPS) is 11.4. The van der Waals surface area contributed by atoms with Gasteiger partial charge in [0.25, 0.3) is 0 Å². The highest BCUT2D eigenvalue weighted by atomic mass is 14.7. The molecule has 0 amide bonds. The third-order valence-electron chi connectivity index (χ3n) is 3.89. The van der Waals surface area contributed by atoms with Crippen molar-refractivity contribution in [2.75, 3.05) is 0 Å². The van der Waals surface area contributed by atoms with Crippen LogP contribution < -0.4 is 0 Å². The van der Waals surface area contributed by atoms with Crippen molar-refractivity contribution in [2.45, 2.75) is 13.3 Å². The maximum absolute atomic E-state index is 3.50. The van der Waals surface area contributed by atoms with Crippen LogP contribution in [0.4, 0.5) is 0 Å². The summed E-state index contributed by atoms with van der Waals surface area (Å²) in [6, 6.07) is 17.2. The van der Waals surface area contributed by atoms with Crippen LogP contribution in [0.15, 0.2) is 54.7 Å². The quantitative estimate of drug-likeness (QED) is 0.530. The van der Waals surface area contributed by atoms with Crippen LogP contribution in [0, 0.1) is 6.92 Å². The van der Waals surface area contributed by atoms with Gasteiger partial charge in [-0.25, -0.2) is 0 Å². The molecule has 98 valence electrons. The number of aromatic amines is 2. The van der Waals surface area contributed by atoms with Crippen LogP contribution in [0.3, 0.4) is 0 Å². The number of hydrogen-bond acceptors (Lipinski definition) is 0. The number of nitrogens with one attached hydrogen (secondary N) is 2. The van der Waals surface area contributed by atoms with Crippen LogP contribution in [0.2, 0.25) is 0 Å². The number of H-pyrrole nitrogens is 2. The van der Waals surface area contributed by atoms with Crippen molar-refractivity contribution in [3.63, 3.8) is 0 Å². The second kappa shape index (κ2) is 4.27. The Labute approximate surface area is 117 Å². The third-order valence-corrected chi connectivity index (χ3v) is 3.89. The van der Waals surface area contributed by atoms with Crippen molar-refractivity contribution in [3.05, 3.63) is 71.5 Å². The number of fused-ring (bicyclic) bond motifs is 2. The Kier molecular flexibility index (Phi) is 2.43. The number of aryl methyl sites for hydroxylation is 1. The number of para-hydroxylation sites is 1. The lowest BCUT2D eigenvalue weighted by Gasteiger charge is -1.98. The minimum atomic E-state index is 0.928. The lowest BCUT2D eigenvalue weighted by atomic mass is 10.1. The Morgan fingerprint density at radius 1 is 0.950 bits per heavy atom. The highest BCUT2D eigenvalue weighted by Gasteiger charge is 2.06. The summed E-state index contributed by atoms with van der Waals surface area (Å²) >= 11 is 0. The van der Waals surface area contributed by atoms with Crippen molar-refractivity contribution in [3.8, 4) is 0 Å². The molecule has 2 aromatic heterocycles. The Hall–Kier alpha value is -2.48. The zero-order valence-electron chi connectivity index (χ0n) is 11.4. The molecule has 2 heteroatoms. The van der Waals surface area contributed by atoms with Gasteiger partial charge in [-0.1, -0.05) is 30.3 Å². The molecule has 0 fully saturated rings. The van der Waals surface area contributed by atoms with E-state index in [1.165, 1.54) is 38.6 Å². The van der Waals surface area contributed by atoms with E-state index in [0.717, 1.165) is 6.42 Å². The van der Waals surface area contributed by atoms with E-state index in [-0.39, 0.29) is 0 Å². The molecule has 0 saturated heterocycles. The minimum absolute atomic E-state index is 0.928. The third kappa shape index (κ3) is 1.81. The summed E-state index contributed by atoms with van der Waals surface area (Å²) < 4.78 is 0. The lowest BCUT2D eigenvalue weighted by Crippen LogP contribution is -1.86. The molecule has 0 unspecified atom stereocenters. The molecule has 4 rings (SSSR count). The van der Waals surface area contributed by atoms with E-state index >= 15 is 0 Å². The van der Waals surface area contributed by atoms with Crippen molar-refractivity contribution in [1.82, 2.24) is 9.97 Å². The molecule has 0 saturated carbocycles. The Balaban J connectivity index is 1.76. The molecule has 0 aliphatic carbocycles. The molecule has 0 aliphatic rings. The van der Waals surface area contributed by atoms with Gasteiger partial charge in [-0.15, -0.1) is 0 Å². The molecular weight excluding hydrogens is 244 g/mol. The Bertz CT molecular complexity index is 863. The predicted octanol–water partition coefficient (Wildman–Crippen LogP) is 4.55. The summed E-state index contributed by atoms with van der Waals surface area (Å²) in [6.07, 6.45) is 3.05. The fourth-order valence-electron chi connectivity index (χ4n) is 2.88. The summed E-state index contributed by atoms with van der Waals surface area (Å²) in [4.78, 5) is 6.87. The molecule has 20 heavy (non-hydrogen) atoms. The average molecular weight is 260 g/mol. The first kappa shape index (κ1) is 11.4. The van der Waals surface area contributed by atoms with E-state index in [2.05, 4.69) is 71.6 Å². The van der Waals surface area contributed by atoms with Gasteiger partial charge < -0.3 is 9.97 Å². The van der Waals surface area contributed by atoms with Gasteiger partial charge in [0.1, 0.15) is 0 Å². The largest absolute Gasteiger partial charge is 0.361 e. The van der Waals surface area contributed by atoms with E-state index in [4.69, 9.17) is 0 Å². The molecule has 0 aliphatic heterocycles. The predicted molar refractivity (Wildman–Crippen MR) is 84.1 cm³/mol. The summed E-state index contributed by atoms with van der Waals surface area (Å²) in [5, 5.41) is 2.59. The Morgan fingerprint density at radius 2 is 1.85 bits per heavy atom. The number of benzene rings is 2. The van der Waals surface area contributed by atoms with Gasteiger partial charge in [0.2, 0.25) is 0 Å². The molecule has 2 aromatic carbocycles. The van der Waals surface area contributed by atoms with Gasteiger partial charge in [-0.3, -0.25) is 0 Å². The van der Waals surface area contributed by atoms with Crippen LogP contribution >= 0.6 is 0 Å². The number of rotatable bonds is 2. The van der Waals surface area contributed by atoms with E-state index in [0.29, 0.717) is 0 Å². The maximum atomic E-state index is 3.50. The van der Waals surface area contributed by atoms with E-state index in [1.807, 2.05) is 0 Å². The summed E-state index contributed by atoms with van der Waals surface area (Å²) in [5.41, 5.74) is 6.31. The molecule has 0 atom stereocenters. The highest BCUT2D eigenvalue weighted by Crippen LogP contribution is 2.23. The van der Waals surface area contributed by atoms with Crippen LogP contribution in [0.5, 0.6) is 0 Å². The summed E-state index contributed by atoms with van der Waals surface area (Å²) in [6.45, 7) is 2.12. The first-order valence-corrected chi connectivity index (χ1v) is 6.93. The fourth-order valence-corrected chi connectivity index (χ4v) is 2.88. The fraction of sp³-hybridized carbons (Fsp3) is 0.111. The highest BCUT2D eigenvalue weighted by molar-refractivity contribution is 5.85. The van der Waals surface area contributed by atoms with E-state index < -0.39 is 0 Å². The minimum Gasteiger partial charge on any atom is -0.361 e. The topological polar surface area (TPSA) is 31.6 Å². The molecular formula is C18H16N2. The van der Waals surface area contributed by atoms with E-state index in [1.54, 1.807) is 0 Å². The van der Waals surface area contributed by atoms with Crippen LogP contribution in [0.1, 0.15) is 16.8 Å². The number of aromatic nitrogens is 2. The van der Waals surface area contributed by atoms with Crippen molar-refractivity contribution in [2.24, 2.45) is 0 Å². The van der Waals surface area contributed by atoms with Crippen molar-refractivity contribution in [1.29, 1.82) is 0 Å². The van der Waals surface area contributed by atoms with Crippen LogP contribution in [-0.2, 0) is 6.42 Å².